The molecular weight excluding hydrogens is 388 g/mol. The molecule has 0 aliphatic heterocycles. The van der Waals surface area contributed by atoms with Crippen LogP contribution < -0.4 is 0 Å². The minimum absolute atomic E-state index is 0.121. The number of allylic oxidation sites excluding steroid dienone is 1. The summed E-state index contributed by atoms with van der Waals surface area (Å²) in [4.78, 5) is 0. The van der Waals surface area contributed by atoms with E-state index in [1.54, 1.807) is 11.1 Å². The molecule has 5 rings (SSSR count). The van der Waals surface area contributed by atoms with Crippen molar-refractivity contribution in [2.45, 2.75) is 120 Å². The van der Waals surface area contributed by atoms with Gasteiger partial charge in [-0.15, -0.1) is 0 Å². The van der Waals surface area contributed by atoms with Crippen LogP contribution in [0.15, 0.2) is 11.1 Å². The molecule has 0 aromatic rings. The first-order chi connectivity index (χ1) is 14.9. The lowest BCUT2D eigenvalue weighted by atomic mass is 9.32. The zero-order valence-corrected chi connectivity index (χ0v) is 22.6. The van der Waals surface area contributed by atoms with Gasteiger partial charge in [-0.1, -0.05) is 66.5 Å². The van der Waals surface area contributed by atoms with Gasteiger partial charge in [0.25, 0.3) is 0 Å². The lowest BCUT2D eigenvalue weighted by Gasteiger charge is -2.72. The number of aliphatic hydroxyl groups excluding tert-OH is 1. The van der Waals surface area contributed by atoms with Gasteiger partial charge in [0.05, 0.1) is 6.61 Å². The highest BCUT2D eigenvalue weighted by atomic mass is 16.3. The summed E-state index contributed by atoms with van der Waals surface area (Å²) in [6.45, 7) is 21.1. The van der Waals surface area contributed by atoms with E-state index in [9.17, 15) is 5.11 Å². The molecule has 0 bridgehead atoms. The number of rotatable bonds is 2. The van der Waals surface area contributed by atoms with Crippen LogP contribution in [0.5, 0.6) is 0 Å². The molecule has 4 saturated carbocycles. The van der Waals surface area contributed by atoms with Gasteiger partial charge >= 0.3 is 0 Å². The van der Waals surface area contributed by atoms with Gasteiger partial charge in [0.1, 0.15) is 0 Å². The van der Waals surface area contributed by atoms with Gasteiger partial charge in [-0.3, -0.25) is 0 Å². The monoisotopic (exact) mass is 440 g/mol. The second-order valence-electron chi connectivity index (χ2n) is 14.9. The molecule has 1 heteroatoms. The molecule has 5 aliphatic rings. The van der Waals surface area contributed by atoms with Crippen LogP contribution in [0.25, 0.3) is 0 Å². The summed E-state index contributed by atoms with van der Waals surface area (Å²) >= 11 is 0. The van der Waals surface area contributed by atoms with Crippen LogP contribution in [-0.4, -0.2) is 11.7 Å². The standard InChI is InChI=1S/C31H52O/c1-20(2)22-12-16-31(19-32)18-17-29(7)23(26(22)31)9-10-25-28(6)14-11-21(3)27(4,5)24(28)13-15-30(25,29)8/h20-21,23-25,32H,9-19H2,1-8H3/t21-,23+,24-,25+,28-,29+,30+,31+/m0/s1. The fourth-order valence-corrected chi connectivity index (χ4v) is 11.2. The molecule has 0 saturated heterocycles. The Balaban J connectivity index is 1.58. The highest BCUT2D eigenvalue weighted by Crippen LogP contribution is 2.77. The molecule has 0 amide bonds. The van der Waals surface area contributed by atoms with Crippen molar-refractivity contribution >= 4 is 0 Å². The molecule has 0 heterocycles. The van der Waals surface area contributed by atoms with E-state index in [2.05, 4.69) is 55.4 Å². The maximum absolute atomic E-state index is 10.7. The molecule has 0 unspecified atom stereocenters. The summed E-state index contributed by atoms with van der Waals surface area (Å²) in [5.74, 6) is 3.95. The molecule has 182 valence electrons. The molecule has 1 N–H and O–H groups in total. The Morgan fingerprint density at radius 2 is 1.53 bits per heavy atom. The molecule has 5 aliphatic carbocycles. The fourth-order valence-electron chi connectivity index (χ4n) is 11.2. The van der Waals surface area contributed by atoms with Gasteiger partial charge in [-0.25, -0.2) is 0 Å². The minimum atomic E-state index is 0.121. The topological polar surface area (TPSA) is 20.2 Å². The lowest BCUT2D eigenvalue weighted by Crippen LogP contribution is -2.65. The number of hydrogen-bond donors (Lipinski definition) is 1. The van der Waals surface area contributed by atoms with Crippen LogP contribution in [0.4, 0.5) is 0 Å². The second-order valence-corrected chi connectivity index (χ2v) is 14.9. The van der Waals surface area contributed by atoms with Gasteiger partial charge in [0.15, 0.2) is 0 Å². The van der Waals surface area contributed by atoms with E-state index in [4.69, 9.17) is 0 Å². The fraction of sp³-hybridized carbons (Fsp3) is 0.935. The summed E-state index contributed by atoms with van der Waals surface area (Å²) in [5.41, 5.74) is 5.46. The van der Waals surface area contributed by atoms with Crippen LogP contribution >= 0.6 is 0 Å². The summed E-state index contributed by atoms with van der Waals surface area (Å²) < 4.78 is 0. The third-order valence-corrected chi connectivity index (χ3v) is 13.7. The van der Waals surface area contributed by atoms with Gasteiger partial charge in [0, 0.05) is 5.41 Å². The van der Waals surface area contributed by atoms with Crippen LogP contribution in [0.3, 0.4) is 0 Å². The van der Waals surface area contributed by atoms with E-state index in [0.717, 1.165) is 17.8 Å². The van der Waals surface area contributed by atoms with E-state index < -0.39 is 0 Å². The van der Waals surface area contributed by atoms with Crippen LogP contribution in [0.1, 0.15) is 120 Å². The van der Waals surface area contributed by atoms with E-state index in [-0.39, 0.29) is 5.41 Å². The van der Waals surface area contributed by atoms with E-state index in [1.165, 1.54) is 64.2 Å². The number of fused-ring (bicyclic) bond motifs is 7. The maximum atomic E-state index is 10.7. The smallest absolute Gasteiger partial charge is 0.0524 e. The normalized spacial score (nSPS) is 52.3. The van der Waals surface area contributed by atoms with Crippen molar-refractivity contribution in [3.63, 3.8) is 0 Å². The molecule has 0 spiro atoms. The highest BCUT2D eigenvalue weighted by Gasteiger charge is 2.69. The van der Waals surface area contributed by atoms with Crippen LogP contribution in [0, 0.1) is 56.7 Å². The molecule has 1 nitrogen and oxygen atoms in total. The average Bonchev–Trinajstić information content (AvgIpc) is 3.12. The Morgan fingerprint density at radius 1 is 0.812 bits per heavy atom. The molecular formula is C31H52O. The molecule has 8 atom stereocenters. The zero-order valence-electron chi connectivity index (χ0n) is 22.6. The summed E-state index contributed by atoms with van der Waals surface area (Å²) in [6, 6.07) is 0. The zero-order chi connectivity index (χ0) is 23.3. The molecule has 4 fully saturated rings. The summed E-state index contributed by atoms with van der Waals surface area (Å²) in [7, 11) is 0. The first-order valence-electron chi connectivity index (χ1n) is 14.2. The largest absolute Gasteiger partial charge is 0.395 e. The predicted molar refractivity (Wildman–Crippen MR) is 135 cm³/mol. The molecule has 0 aromatic heterocycles. The van der Waals surface area contributed by atoms with Crippen LogP contribution in [0.2, 0.25) is 0 Å². The van der Waals surface area contributed by atoms with E-state index in [1.807, 2.05) is 0 Å². The van der Waals surface area contributed by atoms with Crippen LogP contribution in [-0.2, 0) is 0 Å². The first kappa shape index (κ1) is 23.4. The predicted octanol–water partition coefficient (Wildman–Crippen LogP) is 8.42. The van der Waals surface area contributed by atoms with Crippen molar-refractivity contribution in [3.8, 4) is 0 Å². The Kier molecular flexibility index (Phi) is 5.21. The third kappa shape index (κ3) is 2.67. The Hall–Kier alpha value is -0.300. The summed E-state index contributed by atoms with van der Waals surface area (Å²) in [5, 5.41) is 10.7. The lowest BCUT2D eigenvalue weighted by molar-refractivity contribution is -0.220. The Bertz CT molecular complexity index is 805. The van der Waals surface area contributed by atoms with Crippen molar-refractivity contribution in [1.29, 1.82) is 0 Å². The number of hydrogen-bond acceptors (Lipinski definition) is 1. The number of aliphatic hydroxyl groups is 1. The van der Waals surface area contributed by atoms with Crippen molar-refractivity contribution in [1.82, 2.24) is 0 Å². The maximum Gasteiger partial charge on any atom is 0.0524 e. The SMILES string of the molecule is CC(C)C1=C2[C@H]3CC[C@@H]4[C@@]5(C)CC[C@H](C)C(C)(C)[C@@H]5CC[C@@]4(C)[C@]3(C)CC[C@@]2(CO)CC1. The van der Waals surface area contributed by atoms with E-state index in [0.29, 0.717) is 40.1 Å². The van der Waals surface area contributed by atoms with Gasteiger partial charge in [0.2, 0.25) is 0 Å². The third-order valence-electron chi connectivity index (χ3n) is 13.7. The molecule has 0 radical (unpaired) electrons. The van der Waals surface area contributed by atoms with Gasteiger partial charge in [-0.2, -0.15) is 0 Å². The van der Waals surface area contributed by atoms with Crippen molar-refractivity contribution in [2.24, 2.45) is 56.7 Å². The van der Waals surface area contributed by atoms with Gasteiger partial charge < -0.3 is 5.11 Å². The van der Waals surface area contributed by atoms with Crippen molar-refractivity contribution < 1.29 is 5.11 Å². The quantitative estimate of drug-likeness (QED) is 0.427. The Morgan fingerprint density at radius 3 is 2.19 bits per heavy atom. The summed E-state index contributed by atoms with van der Waals surface area (Å²) in [6.07, 6.45) is 13.5. The minimum Gasteiger partial charge on any atom is -0.395 e. The van der Waals surface area contributed by atoms with Gasteiger partial charge in [-0.05, 0) is 115 Å². The second kappa shape index (κ2) is 7.11. The van der Waals surface area contributed by atoms with E-state index >= 15 is 0 Å². The van der Waals surface area contributed by atoms with Crippen molar-refractivity contribution in [2.75, 3.05) is 6.61 Å². The average molecular weight is 441 g/mol. The van der Waals surface area contributed by atoms with Crippen molar-refractivity contribution in [3.05, 3.63) is 11.1 Å². The Labute approximate surface area is 199 Å². The highest BCUT2D eigenvalue weighted by molar-refractivity contribution is 5.37. The molecule has 32 heavy (non-hydrogen) atoms. The molecule has 0 aromatic carbocycles. The first-order valence-corrected chi connectivity index (χ1v) is 14.2.